The van der Waals surface area contributed by atoms with E-state index in [1.54, 1.807) is 31.2 Å². The number of aromatic carboxylic acids is 1. The number of amides is 1. The number of anilines is 1. The van der Waals surface area contributed by atoms with Gasteiger partial charge >= 0.3 is 5.97 Å². The number of benzene rings is 2. The Morgan fingerprint density at radius 3 is 2.52 bits per heavy atom. The molecule has 162 valence electrons. The van der Waals surface area contributed by atoms with Gasteiger partial charge in [0, 0.05) is 4.47 Å². The van der Waals surface area contributed by atoms with Crippen LogP contribution >= 0.6 is 31.9 Å². The van der Waals surface area contributed by atoms with E-state index in [-0.39, 0.29) is 11.5 Å². The van der Waals surface area contributed by atoms with Crippen molar-refractivity contribution in [3.63, 3.8) is 0 Å². The van der Waals surface area contributed by atoms with Gasteiger partial charge in [-0.25, -0.2) is 4.79 Å². The zero-order valence-corrected chi connectivity index (χ0v) is 20.3. The molecule has 0 saturated heterocycles. The predicted octanol–water partition coefficient (Wildman–Crippen LogP) is 5.51. The van der Waals surface area contributed by atoms with Crippen LogP contribution in [0.3, 0.4) is 0 Å². The van der Waals surface area contributed by atoms with Crippen molar-refractivity contribution in [1.82, 2.24) is 0 Å². The SMILES string of the molecule is CCOc1cc(/C=C2\C(=O)N(c3cccc(C(=O)O)c3)N=C2C)c(Br)c(Br)c1OCC. The van der Waals surface area contributed by atoms with E-state index < -0.39 is 5.97 Å². The fourth-order valence-corrected chi connectivity index (χ4v) is 3.98. The second-order valence-corrected chi connectivity index (χ2v) is 8.09. The summed E-state index contributed by atoms with van der Waals surface area (Å²) in [7, 11) is 0. The Balaban J connectivity index is 2.03. The fourth-order valence-electron chi connectivity index (χ4n) is 3.04. The lowest BCUT2D eigenvalue weighted by Crippen LogP contribution is -2.21. The largest absolute Gasteiger partial charge is 0.490 e. The lowest BCUT2D eigenvalue weighted by molar-refractivity contribution is -0.114. The molecule has 0 aliphatic carbocycles. The summed E-state index contributed by atoms with van der Waals surface area (Å²) in [6.45, 7) is 6.42. The van der Waals surface area contributed by atoms with Gasteiger partial charge in [0.05, 0.1) is 40.2 Å². The highest BCUT2D eigenvalue weighted by Crippen LogP contribution is 2.44. The van der Waals surface area contributed by atoms with Crippen LogP contribution < -0.4 is 14.5 Å². The second kappa shape index (κ2) is 9.65. The van der Waals surface area contributed by atoms with Crippen LogP contribution in [0.15, 0.2) is 50.0 Å². The molecule has 0 bridgehead atoms. The summed E-state index contributed by atoms with van der Waals surface area (Å²) >= 11 is 7.10. The van der Waals surface area contributed by atoms with Gasteiger partial charge in [-0.05, 0) is 88.5 Å². The molecule has 1 N–H and O–H groups in total. The Bertz CT molecular complexity index is 1110. The average Bonchev–Trinajstić information content (AvgIpc) is 3.03. The number of hydrogen-bond donors (Lipinski definition) is 1. The van der Waals surface area contributed by atoms with Crippen LogP contribution in [0.4, 0.5) is 5.69 Å². The summed E-state index contributed by atoms with van der Waals surface area (Å²) in [6, 6.07) is 7.89. The molecule has 0 fully saturated rings. The van der Waals surface area contributed by atoms with Crippen LogP contribution in [0.25, 0.3) is 6.08 Å². The molecule has 0 spiro atoms. The molecule has 0 atom stereocenters. The minimum atomic E-state index is -1.07. The summed E-state index contributed by atoms with van der Waals surface area (Å²) in [5.41, 5.74) is 2.07. The van der Waals surface area contributed by atoms with Crippen molar-refractivity contribution in [3.05, 3.63) is 56.0 Å². The van der Waals surface area contributed by atoms with Gasteiger partial charge in [0.1, 0.15) is 0 Å². The summed E-state index contributed by atoms with van der Waals surface area (Å²) < 4.78 is 12.8. The molecular formula is C22H20Br2N2O5. The van der Waals surface area contributed by atoms with Gasteiger partial charge in [-0.1, -0.05) is 6.07 Å². The summed E-state index contributed by atoms with van der Waals surface area (Å²) in [5, 5.41) is 14.8. The number of carbonyl (C=O) groups is 2. The summed E-state index contributed by atoms with van der Waals surface area (Å²) in [5.74, 6) is -0.294. The van der Waals surface area contributed by atoms with Crippen LogP contribution in [0.1, 0.15) is 36.7 Å². The van der Waals surface area contributed by atoms with E-state index in [9.17, 15) is 14.7 Å². The van der Waals surface area contributed by atoms with E-state index in [4.69, 9.17) is 9.47 Å². The van der Waals surface area contributed by atoms with Crippen LogP contribution in [-0.2, 0) is 4.79 Å². The topological polar surface area (TPSA) is 88.4 Å². The van der Waals surface area contributed by atoms with Gasteiger partial charge in [-0.3, -0.25) is 4.79 Å². The van der Waals surface area contributed by atoms with E-state index in [0.29, 0.717) is 56.2 Å². The molecule has 9 heteroatoms. The number of carbonyl (C=O) groups excluding carboxylic acids is 1. The van der Waals surface area contributed by atoms with Gasteiger partial charge in [0.15, 0.2) is 11.5 Å². The van der Waals surface area contributed by atoms with Crippen molar-refractivity contribution in [2.75, 3.05) is 18.2 Å². The normalized spacial score (nSPS) is 14.7. The number of hydrogen-bond acceptors (Lipinski definition) is 5. The molecule has 7 nitrogen and oxygen atoms in total. The standard InChI is InChI=1S/C22H20Br2N2O5/c1-4-30-17-11-14(18(23)19(24)20(17)31-5-2)10-16-12(3)25-26(21(16)27)15-8-6-7-13(9-15)22(28)29/h6-11H,4-5H2,1-3H3,(H,28,29)/b16-10-. The number of carboxylic acids is 1. The van der Waals surface area contributed by atoms with Crippen LogP contribution in [0.5, 0.6) is 11.5 Å². The molecule has 0 radical (unpaired) electrons. The Morgan fingerprint density at radius 1 is 1.16 bits per heavy atom. The van der Waals surface area contributed by atoms with Crippen LogP contribution in [0, 0.1) is 0 Å². The van der Waals surface area contributed by atoms with Crippen molar-refractivity contribution in [1.29, 1.82) is 0 Å². The van der Waals surface area contributed by atoms with Gasteiger partial charge in [0.25, 0.3) is 5.91 Å². The predicted molar refractivity (Wildman–Crippen MR) is 126 cm³/mol. The first-order valence-electron chi connectivity index (χ1n) is 9.51. The summed E-state index contributed by atoms with van der Waals surface area (Å²) in [6.07, 6.45) is 1.72. The van der Waals surface area contributed by atoms with Gasteiger partial charge in [-0.2, -0.15) is 10.1 Å². The maximum Gasteiger partial charge on any atom is 0.335 e. The minimum Gasteiger partial charge on any atom is -0.490 e. The molecule has 2 aromatic carbocycles. The van der Waals surface area contributed by atoms with E-state index >= 15 is 0 Å². The molecule has 2 aromatic rings. The van der Waals surface area contributed by atoms with E-state index in [0.717, 1.165) is 0 Å². The zero-order valence-electron chi connectivity index (χ0n) is 17.1. The first kappa shape index (κ1) is 23.0. The molecule has 1 aliphatic rings. The Kier molecular flexibility index (Phi) is 7.17. The number of rotatable bonds is 7. The molecule has 1 amide bonds. The van der Waals surface area contributed by atoms with Crippen molar-refractivity contribution >= 4 is 61.2 Å². The van der Waals surface area contributed by atoms with Crippen LogP contribution in [-0.4, -0.2) is 35.9 Å². The highest BCUT2D eigenvalue weighted by Gasteiger charge is 2.30. The zero-order chi connectivity index (χ0) is 22.7. The molecule has 0 aromatic heterocycles. The number of ether oxygens (including phenoxy) is 2. The quantitative estimate of drug-likeness (QED) is 0.458. The fraction of sp³-hybridized carbons (Fsp3) is 0.227. The maximum atomic E-state index is 13.1. The number of halogens is 2. The monoisotopic (exact) mass is 550 g/mol. The molecule has 1 heterocycles. The van der Waals surface area contributed by atoms with Crippen molar-refractivity contribution in [3.8, 4) is 11.5 Å². The first-order valence-corrected chi connectivity index (χ1v) is 11.1. The van der Waals surface area contributed by atoms with Crippen molar-refractivity contribution in [2.45, 2.75) is 20.8 Å². The average molecular weight is 552 g/mol. The first-order chi connectivity index (χ1) is 14.8. The number of nitrogens with zero attached hydrogens (tertiary/aromatic N) is 2. The Hall–Kier alpha value is -2.65. The van der Waals surface area contributed by atoms with Gasteiger partial charge < -0.3 is 14.6 Å². The van der Waals surface area contributed by atoms with Gasteiger partial charge in [-0.15, -0.1) is 0 Å². The second-order valence-electron chi connectivity index (χ2n) is 6.50. The lowest BCUT2D eigenvalue weighted by atomic mass is 10.1. The third kappa shape index (κ3) is 4.67. The number of carboxylic acid groups (broad SMARTS) is 1. The summed E-state index contributed by atoms with van der Waals surface area (Å²) in [4.78, 5) is 24.4. The smallest absolute Gasteiger partial charge is 0.335 e. The molecule has 31 heavy (non-hydrogen) atoms. The molecule has 3 rings (SSSR count). The van der Waals surface area contributed by atoms with E-state index in [1.807, 2.05) is 13.8 Å². The molecule has 1 aliphatic heterocycles. The highest BCUT2D eigenvalue weighted by molar-refractivity contribution is 9.13. The maximum absolute atomic E-state index is 13.1. The van der Waals surface area contributed by atoms with E-state index in [2.05, 4.69) is 37.0 Å². The highest BCUT2D eigenvalue weighted by atomic mass is 79.9. The van der Waals surface area contributed by atoms with E-state index in [1.165, 1.54) is 17.1 Å². The third-order valence-corrected chi connectivity index (χ3v) is 6.59. The third-order valence-electron chi connectivity index (χ3n) is 4.44. The number of hydrazone groups is 1. The Labute approximate surface area is 196 Å². The minimum absolute atomic E-state index is 0.0788. The van der Waals surface area contributed by atoms with Crippen molar-refractivity contribution in [2.24, 2.45) is 5.10 Å². The molecule has 0 saturated carbocycles. The molecular weight excluding hydrogens is 532 g/mol. The van der Waals surface area contributed by atoms with Crippen LogP contribution in [0.2, 0.25) is 0 Å². The Morgan fingerprint density at radius 2 is 1.87 bits per heavy atom. The van der Waals surface area contributed by atoms with Gasteiger partial charge in [0.2, 0.25) is 0 Å². The van der Waals surface area contributed by atoms with Crippen molar-refractivity contribution < 1.29 is 24.2 Å². The molecule has 0 unspecified atom stereocenters. The lowest BCUT2D eigenvalue weighted by Gasteiger charge is -2.16.